The molecule has 0 fully saturated rings. The molecule has 0 radical (unpaired) electrons. The highest BCUT2D eigenvalue weighted by Gasteiger charge is 2.20. The minimum Gasteiger partial charge on any atom is -0.339 e. The topological polar surface area (TPSA) is 180 Å². The van der Waals surface area contributed by atoms with Gasteiger partial charge in [0.15, 0.2) is 0 Å². The maximum absolute atomic E-state index is 4.87. The minimum absolute atomic E-state index is 0.0223. The van der Waals surface area contributed by atoms with Crippen molar-refractivity contribution < 1.29 is 18.3 Å². The largest absolute Gasteiger partial charge is 0.339 e. The van der Waals surface area contributed by atoms with Gasteiger partial charge in [0, 0.05) is 13.8 Å². The molecule has 120 valence electrons. The molecule has 0 N–H and O–H groups in total. The molecule has 0 spiro atoms. The predicted octanol–water partition coefficient (Wildman–Crippen LogP) is 1.58. The average Bonchev–Trinajstić information content (AvgIpc) is 3.31. The van der Waals surface area contributed by atoms with E-state index in [1.807, 2.05) is 0 Å². The van der Waals surface area contributed by atoms with Gasteiger partial charge in [0.05, 0.1) is 0 Å². The first-order chi connectivity index (χ1) is 11.7. The van der Waals surface area contributed by atoms with Crippen LogP contribution in [0.25, 0.3) is 23.0 Å². The van der Waals surface area contributed by atoms with Crippen molar-refractivity contribution in [1.29, 1.82) is 0 Å². The third kappa shape index (κ3) is 2.40. The Labute approximate surface area is 130 Å². The molecule has 14 nitrogen and oxygen atoms in total. The second kappa shape index (κ2) is 5.41. The number of rotatable bonds is 4. The van der Waals surface area contributed by atoms with Gasteiger partial charge in [-0.15, -0.1) is 10.2 Å². The molecule has 0 aliphatic carbocycles. The monoisotopic (exact) mass is 330 g/mol. The summed E-state index contributed by atoms with van der Waals surface area (Å²) in [5, 5.41) is 29.7. The summed E-state index contributed by atoms with van der Waals surface area (Å²) in [5.41, 5.74) is 0.313. The zero-order chi connectivity index (χ0) is 16.5. The molecule has 24 heavy (non-hydrogen) atoms. The van der Waals surface area contributed by atoms with Crippen LogP contribution in [0.3, 0.4) is 0 Å². The van der Waals surface area contributed by atoms with E-state index in [1.165, 1.54) is 0 Å². The van der Waals surface area contributed by atoms with Gasteiger partial charge in [-0.25, -0.2) is 9.26 Å². The van der Waals surface area contributed by atoms with Gasteiger partial charge < -0.3 is 9.05 Å². The van der Waals surface area contributed by atoms with Crippen LogP contribution in [0.5, 0.6) is 0 Å². The lowest BCUT2D eigenvalue weighted by molar-refractivity contribution is 0.308. The summed E-state index contributed by atoms with van der Waals surface area (Å²) in [6.45, 7) is 3.26. The molecule has 0 aliphatic heterocycles. The van der Waals surface area contributed by atoms with Crippen LogP contribution in [0.4, 0.5) is 11.6 Å². The number of hydrogen-bond acceptors (Lipinski definition) is 14. The van der Waals surface area contributed by atoms with Gasteiger partial charge in [0.1, 0.15) is 0 Å². The Morgan fingerprint density at radius 3 is 1.46 bits per heavy atom. The first-order valence-electron chi connectivity index (χ1n) is 6.39. The van der Waals surface area contributed by atoms with Crippen molar-refractivity contribution in [1.82, 2.24) is 40.9 Å². The SMILES string of the molecule is Cc1nc(-c2nonc2N=Nc2nonc2-c2noc(C)n2)no1. The molecule has 0 bridgehead atoms. The zero-order valence-corrected chi connectivity index (χ0v) is 12.1. The third-order valence-corrected chi connectivity index (χ3v) is 2.66. The molecule has 0 unspecified atom stereocenters. The second-order valence-corrected chi connectivity index (χ2v) is 4.35. The van der Waals surface area contributed by atoms with E-state index < -0.39 is 0 Å². The number of aromatic nitrogens is 8. The van der Waals surface area contributed by atoms with Crippen LogP contribution in [-0.2, 0) is 0 Å². The molecule has 0 saturated heterocycles. The van der Waals surface area contributed by atoms with E-state index in [0.717, 1.165) is 0 Å². The summed E-state index contributed by atoms with van der Waals surface area (Å²) < 4.78 is 19.0. The van der Waals surface area contributed by atoms with Crippen molar-refractivity contribution >= 4 is 11.6 Å². The van der Waals surface area contributed by atoms with Gasteiger partial charge in [-0.1, -0.05) is 10.3 Å². The normalized spacial score (nSPS) is 11.6. The predicted molar refractivity (Wildman–Crippen MR) is 68.8 cm³/mol. The van der Waals surface area contributed by atoms with Crippen LogP contribution in [0.15, 0.2) is 28.5 Å². The lowest BCUT2D eigenvalue weighted by Gasteiger charge is -1.86. The Bertz CT molecular complexity index is 930. The van der Waals surface area contributed by atoms with Crippen molar-refractivity contribution in [3.63, 3.8) is 0 Å². The highest BCUT2D eigenvalue weighted by molar-refractivity contribution is 5.63. The second-order valence-electron chi connectivity index (χ2n) is 4.35. The average molecular weight is 330 g/mol. The smallest absolute Gasteiger partial charge is 0.249 e. The lowest BCUT2D eigenvalue weighted by Crippen LogP contribution is -1.82. The van der Waals surface area contributed by atoms with Crippen molar-refractivity contribution in [2.24, 2.45) is 10.2 Å². The van der Waals surface area contributed by atoms with E-state index in [1.54, 1.807) is 13.8 Å². The summed E-state index contributed by atoms with van der Waals surface area (Å²) in [4.78, 5) is 8.01. The number of azo groups is 1. The number of hydrogen-bond donors (Lipinski definition) is 0. The maximum atomic E-state index is 4.87. The molecular formula is C10H6N10O4. The minimum atomic E-state index is 0.0223. The van der Waals surface area contributed by atoms with Crippen LogP contribution in [-0.4, -0.2) is 40.9 Å². The molecule has 4 aromatic heterocycles. The molecule has 0 saturated carbocycles. The van der Waals surface area contributed by atoms with Crippen LogP contribution < -0.4 is 0 Å². The number of nitrogens with zero attached hydrogens (tertiary/aromatic N) is 10. The summed E-state index contributed by atoms with van der Waals surface area (Å²) in [6, 6.07) is 0. The van der Waals surface area contributed by atoms with E-state index in [4.69, 9.17) is 9.05 Å². The standard InChI is InChI=1S/C10H6N10O4/c1-3-11-7(17-21-3)5-9(19-23-15-5)13-14-10-6(16-24-20-10)8-12-4(2)22-18-8/h1-2H3. The fourth-order valence-corrected chi connectivity index (χ4v) is 1.67. The first kappa shape index (κ1) is 13.8. The summed E-state index contributed by atoms with van der Waals surface area (Å²) in [6.07, 6.45) is 0. The summed E-state index contributed by atoms with van der Waals surface area (Å²) >= 11 is 0. The molecule has 4 heterocycles. The maximum Gasteiger partial charge on any atom is 0.249 e. The Morgan fingerprint density at radius 1 is 0.625 bits per heavy atom. The van der Waals surface area contributed by atoms with E-state index in [2.05, 4.69) is 60.4 Å². The molecule has 0 aliphatic rings. The van der Waals surface area contributed by atoms with Crippen LogP contribution >= 0.6 is 0 Å². The van der Waals surface area contributed by atoms with Gasteiger partial charge in [-0.05, 0) is 20.6 Å². The molecule has 4 rings (SSSR count). The van der Waals surface area contributed by atoms with Crippen LogP contribution in [0, 0.1) is 13.8 Å². The van der Waals surface area contributed by atoms with Crippen molar-refractivity contribution in [3.8, 4) is 23.0 Å². The Balaban J connectivity index is 1.66. The van der Waals surface area contributed by atoms with Crippen LogP contribution in [0.1, 0.15) is 11.8 Å². The number of aryl methyl sites for hydroxylation is 2. The molecular weight excluding hydrogens is 324 g/mol. The van der Waals surface area contributed by atoms with Gasteiger partial charge in [-0.2, -0.15) is 9.97 Å². The molecule has 0 amide bonds. The zero-order valence-electron chi connectivity index (χ0n) is 12.1. The Kier molecular flexibility index (Phi) is 3.11. The van der Waals surface area contributed by atoms with Gasteiger partial charge >= 0.3 is 0 Å². The van der Waals surface area contributed by atoms with Crippen molar-refractivity contribution in [3.05, 3.63) is 11.8 Å². The fourth-order valence-electron chi connectivity index (χ4n) is 1.67. The van der Waals surface area contributed by atoms with E-state index in [9.17, 15) is 0 Å². The highest BCUT2D eigenvalue weighted by Crippen LogP contribution is 2.28. The van der Waals surface area contributed by atoms with E-state index in [0.29, 0.717) is 11.8 Å². The first-order valence-corrected chi connectivity index (χ1v) is 6.39. The molecule has 0 atom stereocenters. The van der Waals surface area contributed by atoms with Gasteiger partial charge in [0.25, 0.3) is 0 Å². The lowest BCUT2D eigenvalue weighted by atomic mass is 10.4. The molecule has 0 aromatic carbocycles. The van der Waals surface area contributed by atoms with Crippen molar-refractivity contribution in [2.75, 3.05) is 0 Å². The fraction of sp³-hybridized carbons (Fsp3) is 0.200. The van der Waals surface area contributed by atoms with Gasteiger partial charge in [0.2, 0.25) is 46.5 Å². The Morgan fingerprint density at radius 2 is 1.08 bits per heavy atom. The highest BCUT2D eigenvalue weighted by atomic mass is 16.6. The van der Waals surface area contributed by atoms with Crippen molar-refractivity contribution in [2.45, 2.75) is 13.8 Å². The van der Waals surface area contributed by atoms with Crippen LogP contribution in [0.2, 0.25) is 0 Å². The van der Waals surface area contributed by atoms with E-state index >= 15 is 0 Å². The van der Waals surface area contributed by atoms with E-state index in [-0.39, 0.29) is 34.7 Å². The Hall–Kier alpha value is -3.84. The van der Waals surface area contributed by atoms with Gasteiger partial charge in [-0.3, -0.25) is 0 Å². The molecule has 14 heteroatoms. The molecule has 4 aromatic rings. The third-order valence-electron chi connectivity index (χ3n) is 2.66. The summed E-state index contributed by atoms with van der Waals surface area (Å²) in [7, 11) is 0. The quantitative estimate of drug-likeness (QED) is 0.493. The summed E-state index contributed by atoms with van der Waals surface area (Å²) in [5.74, 6) is 1.07.